The molecule has 1 aliphatic heterocycles. The second kappa shape index (κ2) is 6.66. The topological polar surface area (TPSA) is 98.4 Å². The summed E-state index contributed by atoms with van der Waals surface area (Å²) in [4.78, 5) is 34.5. The molecule has 0 bridgehead atoms. The van der Waals surface area contributed by atoms with Crippen molar-refractivity contribution in [1.29, 1.82) is 0 Å². The van der Waals surface area contributed by atoms with Gasteiger partial charge < -0.3 is 15.4 Å². The lowest BCUT2D eigenvalue weighted by Crippen LogP contribution is -2.38. The Hall–Kier alpha value is -2.61. The Morgan fingerprint density at radius 1 is 1.26 bits per heavy atom. The van der Waals surface area contributed by atoms with Gasteiger partial charge in [0.1, 0.15) is 0 Å². The van der Waals surface area contributed by atoms with Crippen LogP contribution in [0.15, 0.2) is 41.6 Å². The van der Waals surface area contributed by atoms with E-state index in [1.807, 2.05) is 24.3 Å². The number of ether oxygens (including phenoxy) is 1. The summed E-state index contributed by atoms with van der Waals surface area (Å²) in [5, 5.41) is 0. The van der Waals surface area contributed by atoms with Crippen LogP contribution in [0.25, 0.3) is 0 Å². The number of thioether (sulfide) groups is 1. The van der Waals surface area contributed by atoms with Gasteiger partial charge in [0, 0.05) is 29.6 Å². The monoisotopic (exact) mass is 330 g/mol. The molecule has 0 radical (unpaired) electrons. The number of hydrogen-bond donors (Lipinski definition) is 1. The maximum Gasteiger partial charge on any atom is 0.361 e. The van der Waals surface area contributed by atoms with Crippen LogP contribution in [0.3, 0.4) is 0 Å². The molecular weight excluding hydrogens is 316 g/mol. The Morgan fingerprint density at radius 3 is 2.87 bits per heavy atom. The van der Waals surface area contributed by atoms with E-state index in [9.17, 15) is 9.59 Å². The van der Waals surface area contributed by atoms with Gasteiger partial charge in [-0.25, -0.2) is 14.8 Å². The third-order valence-corrected chi connectivity index (χ3v) is 4.32. The summed E-state index contributed by atoms with van der Waals surface area (Å²) in [5.74, 6) is -0.268. The second-order valence-corrected chi connectivity index (χ2v) is 5.86. The molecule has 0 saturated heterocycles. The molecule has 2 heterocycles. The molecule has 3 rings (SSSR count). The fourth-order valence-electron chi connectivity index (χ4n) is 2.21. The normalized spacial score (nSPS) is 13.3. The predicted molar refractivity (Wildman–Crippen MR) is 86.2 cm³/mol. The lowest BCUT2D eigenvalue weighted by atomic mass is 10.2. The van der Waals surface area contributed by atoms with Gasteiger partial charge in [0.05, 0.1) is 5.69 Å². The number of nitrogens with zero attached hydrogens (tertiary/aromatic N) is 3. The highest BCUT2D eigenvalue weighted by atomic mass is 32.2. The van der Waals surface area contributed by atoms with Gasteiger partial charge in [-0.15, -0.1) is 11.8 Å². The number of nitrogen functional groups attached to an aromatic ring is 1. The molecular formula is C15H14N4O3S. The lowest BCUT2D eigenvalue weighted by molar-refractivity contribution is -0.121. The molecule has 0 unspecified atom stereocenters. The summed E-state index contributed by atoms with van der Waals surface area (Å²) >= 11 is 1.70. The van der Waals surface area contributed by atoms with Crippen molar-refractivity contribution >= 4 is 35.1 Å². The van der Waals surface area contributed by atoms with Crippen LogP contribution >= 0.6 is 11.8 Å². The Labute approximate surface area is 136 Å². The number of rotatable bonds is 3. The van der Waals surface area contributed by atoms with E-state index in [1.54, 1.807) is 16.7 Å². The van der Waals surface area contributed by atoms with Crippen molar-refractivity contribution in [3.8, 4) is 0 Å². The fourth-order valence-corrected chi connectivity index (χ4v) is 3.20. The van der Waals surface area contributed by atoms with Gasteiger partial charge >= 0.3 is 5.97 Å². The quantitative estimate of drug-likeness (QED) is 0.848. The van der Waals surface area contributed by atoms with Gasteiger partial charge in [-0.05, 0) is 12.1 Å². The average Bonchev–Trinajstić information content (AvgIpc) is 2.59. The van der Waals surface area contributed by atoms with Gasteiger partial charge in [0.2, 0.25) is 0 Å². The molecule has 1 aliphatic rings. The first-order valence-corrected chi connectivity index (χ1v) is 7.91. The number of hydrogen-bond acceptors (Lipinski definition) is 7. The number of benzene rings is 1. The number of para-hydroxylation sites is 1. The van der Waals surface area contributed by atoms with Gasteiger partial charge in [0.15, 0.2) is 18.1 Å². The zero-order valence-corrected chi connectivity index (χ0v) is 13.0. The van der Waals surface area contributed by atoms with E-state index in [0.717, 1.165) is 16.3 Å². The van der Waals surface area contributed by atoms with Crippen LogP contribution in [-0.2, 0) is 9.53 Å². The van der Waals surface area contributed by atoms with Gasteiger partial charge in [-0.1, -0.05) is 12.1 Å². The largest absolute Gasteiger partial charge is 0.451 e. The van der Waals surface area contributed by atoms with Crippen LogP contribution < -0.4 is 10.6 Å². The third-order valence-electron chi connectivity index (χ3n) is 3.28. The molecule has 7 nitrogen and oxygen atoms in total. The minimum absolute atomic E-state index is 0.0235. The summed E-state index contributed by atoms with van der Waals surface area (Å²) in [6.07, 6.45) is 2.71. The zero-order valence-electron chi connectivity index (χ0n) is 12.1. The maximum atomic E-state index is 12.4. The van der Waals surface area contributed by atoms with Crippen LogP contribution in [0.1, 0.15) is 10.5 Å². The van der Waals surface area contributed by atoms with E-state index < -0.39 is 5.97 Å². The lowest BCUT2D eigenvalue weighted by Gasteiger charge is -2.28. The number of carbonyl (C=O) groups is 2. The van der Waals surface area contributed by atoms with Crippen LogP contribution in [0.4, 0.5) is 11.5 Å². The van der Waals surface area contributed by atoms with E-state index in [2.05, 4.69) is 9.97 Å². The van der Waals surface area contributed by atoms with E-state index in [1.165, 1.54) is 12.4 Å². The molecule has 0 fully saturated rings. The first kappa shape index (κ1) is 15.3. The van der Waals surface area contributed by atoms with Gasteiger partial charge in [0.25, 0.3) is 5.91 Å². The molecule has 118 valence electrons. The molecule has 0 saturated carbocycles. The van der Waals surface area contributed by atoms with Crippen molar-refractivity contribution in [2.75, 3.05) is 29.5 Å². The minimum Gasteiger partial charge on any atom is -0.451 e. The second-order valence-electron chi connectivity index (χ2n) is 4.73. The average molecular weight is 330 g/mol. The summed E-state index contributed by atoms with van der Waals surface area (Å²) in [7, 11) is 0. The molecule has 23 heavy (non-hydrogen) atoms. The zero-order chi connectivity index (χ0) is 16.2. The number of esters is 1. The molecule has 2 N–H and O–H groups in total. The Morgan fingerprint density at radius 2 is 2.04 bits per heavy atom. The predicted octanol–water partition coefficient (Wildman–Crippen LogP) is 1.35. The minimum atomic E-state index is -0.761. The Kier molecular flexibility index (Phi) is 4.42. The van der Waals surface area contributed by atoms with Crippen LogP contribution in [0.5, 0.6) is 0 Å². The molecule has 1 amide bonds. The summed E-state index contributed by atoms with van der Waals surface area (Å²) in [5.41, 5.74) is 6.31. The molecule has 0 aliphatic carbocycles. The smallest absolute Gasteiger partial charge is 0.361 e. The Balaban J connectivity index is 1.67. The molecule has 8 heteroatoms. The highest BCUT2D eigenvalue weighted by Gasteiger charge is 2.24. The van der Waals surface area contributed by atoms with Crippen molar-refractivity contribution in [3.63, 3.8) is 0 Å². The number of aromatic nitrogens is 2. The van der Waals surface area contributed by atoms with E-state index in [0.29, 0.717) is 6.54 Å². The first-order valence-electron chi connectivity index (χ1n) is 6.92. The summed E-state index contributed by atoms with van der Waals surface area (Å²) < 4.78 is 5.02. The van der Waals surface area contributed by atoms with E-state index in [-0.39, 0.29) is 24.0 Å². The van der Waals surface area contributed by atoms with Crippen LogP contribution in [0, 0.1) is 0 Å². The van der Waals surface area contributed by atoms with Crippen molar-refractivity contribution in [2.45, 2.75) is 4.90 Å². The van der Waals surface area contributed by atoms with E-state index in [4.69, 9.17) is 10.5 Å². The number of fused-ring (bicyclic) bond motifs is 1. The van der Waals surface area contributed by atoms with Gasteiger partial charge in [-0.3, -0.25) is 4.79 Å². The van der Waals surface area contributed by atoms with Crippen molar-refractivity contribution in [1.82, 2.24) is 9.97 Å². The van der Waals surface area contributed by atoms with Crippen LogP contribution in [-0.4, -0.2) is 40.7 Å². The number of nitrogens with two attached hydrogens (primary N) is 1. The van der Waals surface area contributed by atoms with Crippen molar-refractivity contribution < 1.29 is 14.3 Å². The highest BCUT2D eigenvalue weighted by Crippen LogP contribution is 2.34. The van der Waals surface area contributed by atoms with E-state index >= 15 is 0 Å². The highest BCUT2D eigenvalue weighted by molar-refractivity contribution is 7.99. The third kappa shape index (κ3) is 3.26. The van der Waals surface area contributed by atoms with Crippen molar-refractivity contribution in [2.24, 2.45) is 0 Å². The molecule has 1 aromatic heterocycles. The molecule has 1 aromatic carbocycles. The Bertz CT molecular complexity index is 753. The standard InChI is InChI=1S/C15H14N4O3S/c16-14-13(17-5-6-18-14)15(21)22-9-12(20)19-7-8-23-11-4-2-1-3-10(11)19/h1-6H,7-9H2,(H2,16,18). The van der Waals surface area contributed by atoms with Crippen LogP contribution in [0.2, 0.25) is 0 Å². The molecule has 0 atom stereocenters. The molecule has 0 spiro atoms. The number of amides is 1. The van der Waals surface area contributed by atoms with Crippen molar-refractivity contribution in [3.05, 3.63) is 42.4 Å². The number of carbonyl (C=O) groups excluding carboxylic acids is 2. The SMILES string of the molecule is Nc1nccnc1C(=O)OCC(=O)N1CCSc2ccccc21. The fraction of sp³-hybridized carbons (Fsp3) is 0.200. The summed E-state index contributed by atoms with van der Waals surface area (Å²) in [6, 6.07) is 7.64. The van der Waals surface area contributed by atoms with Gasteiger partial charge in [-0.2, -0.15) is 0 Å². The summed E-state index contributed by atoms with van der Waals surface area (Å²) in [6.45, 7) is 0.208. The maximum absolute atomic E-state index is 12.4. The number of anilines is 2. The first-order chi connectivity index (χ1) is 11.2. The molecule has 2 aromatic rings.